The Morgan fingerprint density at radius 1 is 1.41 bits per heavy atom. The van der Waals surface area contributed by atoms with Gasteiger partial charge in [0, 0.05) is 5.41 Å². The lowest BCUT2D eigenvalue weighted by molar-refractivity contribution is 0.217. The lowest BCUT2D eigenvalue weighted by atomic mass is 9.85. The zero-order valence-electron chi connectivity index (χ0n) is 10.4. The largest absolute Gasteiger partial charge is 0.490 e. The molecule has 1 aromatic rings. The predicted molar refractivity (Wildman–Crippen MR) is 64.7 cm³/mol. The Bertz CT molecular complexity index is 397. The first kappa shape index (κ1) is 12.4. The van der Waals surface area contributed by atoms with Crippen LogP contribution in [0.2, 0.25) is 0 Å². The lowest BCUT2D eigenvalue weighted by Gasteiger charge is -2.22. The molecule has 1 aliphatic carbocycles. The maximum atomic E-state index is 13.8. The molecular weight excluding hydrogens is 219 g/mol. The molecule has 3 heteroatoms. The van der Waals surface area contributed by atoms with Crippen LogP contribution < -0.4 is 4.74 Å². The molecule has 0 radical (unpaired) electrons. The highest BCUT2D eigenvalue weighted by Crippen LogP contribution is 2.31. The van der Waals surface area contributed by atoms with Gasteiger partial charge in [0.05, 0.1) is 13.2 Å². The van der Waals surface area contributed by atoms with Gasteiger partial charge in [-0.1, -0.05) is 19.9 Å². The van der Waals surface area contributed by atoms with Crippen molar-refractivity contribution in [1.29, 1.82) is 0 Å². The Balaban J connectivity index is 2.10. The van der Waals surface area contributed by atoms with Crippen LogP contribution in [0.15, 0.2) is 18.2 Å². The van der Waals surface area contributed by atoms with Crippen molar-refractivity contribution >= 4 is 0 Å². The molecule has 17 heavy (non-hydrogen) atoms. The molecule has 0 amide bonds. The number of benzene rings is 1. The van der Waals surface area contributed by atoms with Gasteiger partial charge in [-0.05, 0) is 36.5 Å². The van der Waals surface area contributed by atoms with E-state index in [0.29, 0.717) is 18.3 Å². The Kier molecular flexibility index (Phi) is 3.38. The highest BCUT2D eigenvalue weighted by atomic mass is 19.1. The van der Waals surface area contributed by atoms with E-state index in [9.17, 15) is 9.50 Å². The van der Waals surface area contributed by atoms with E-state index in [1.54, 1.807) is 6.07 Å². The first-order chi connectivity index (χ1) is 8.03. The Morgan fingerprint density at radius 2 is 2.12 bits per heavy atom. The Labute approximate surface area is 101 Å². The second-order valence-corrected chi connectivity index (χ2v) is 5.44. The minimum atomic E-state index is -0.421. The number of halogens is 1. The maximum absolute atomic E-state index is 13.8. The molecule has 94 valence electrons. The molecular formula is C14H19FO2. The summed E-state index contributed by atoms with van der Waals surface area (Å²) in [6.45, 7) is 4.37. The van der Waals surface area contributed by atoms with Gasteiger partial charge in [0.15, 0.2) is 11.6 Å². The van der Waals surface area contributed by atoms with Crippen molar-refractivity contribution in [2.75, 3.05) is 13.2 Å². The minimum Gasteiger partial charge on any atom is -0.490 e. The van der Waals surface area contributed by atoms with Crippen LogP contribution in [0.3, 0.4) is 0 Å². The molecule has 0 saturated heterocycles. The van der Waals surface area contributed by atoms with E-state index in [-0.39, 0.29) is 12.4 Å². The summed E-state index contributed by atoms with van der Waals surface area (Å²) in [6, 6.07) is 4.93. The number of hydrogen-bond donors (Lipinski definition) is 1. The SMILES string of the molecule is CC(C)(CO)c1ccc(OCC2CC2)c(F)c1. The van der Waals surface area contributed by atoms with E-state index >= 15 is 0 Å². The fraction of sp³-hybridized carbons (Fsp3) is 0.571. The van der Waals surface area contributed by atoms with Crippen molar-refractivity contribution in [3.63, 3.8) is 0 Å². The Hall–Kier alpha value is -1.09. The molecule has 1 N–H and O–H groups in total. The summed E-state index contributed by atoms with van der Waals surface area (Å²) < 4.78 is 19.2. The zero-order valence-corrected chi connectivity index (χ0v) is 10.4. The maximum Gasteiger partial charge on any atom is 0.165 e. The topological polar surface area (TPSA) is 29.5 Å². The van der Waals surface area contributed by atoms with Crippen LogP contribution >= 0.6 is 0 Å². The van der Waals surface area contributed by atoms with Crippen LogP contribution in [0, 0.1) is 11.7 Å². The molecule has 0 bridgehead atoms. The van der Waals surface area contributed by atoms with Crippen LogP contribution in [0.4, 0.5) is 4.39 Å². The van der Waals surface area contributed by atoms with Crippen molar-refractivity contribution < 1.29 is 14.2 Å². The van der Waals surface area contributed by atoms with Gasteiger partial charge in [0.25, 0.3) is 0 Å². The zero-order chi connectivity index (χ0) is 12.5. The fourth-order valence-corrected chi connectivity index (χ4v) is 1.62. The van der Waals surface area contributed by atoms with Crippen LogP contribution in [0.5, 0.6) is 5.75 Å². The lowest BCUT2D eigenvalue weighted by Crippen LogP contribution is -2.22. The van der Waals surface area contributed by atoms with E-state index < -0.39 is 5.41 Å². The molecule has 0 unspecified atom stereocenters. The number of aliphatic hydroxyl groups is 1. The van der Waals surface area contributed by atoms with Gasteiger partial charge in [0.1, 0.15) is 0 Å². The van der Waals surface area contributed by atoms with Crippen LogP contribution in [0.25, 0.3) is 0 Å². The second-order valence-electron chi connectivity index (χ2n) is 5.44. The quantitative estimate of drug-likeness (QED) is 0.854. The van der Waals surface area contributed by atoms with E-state index in [1.807, 2.05) is 19.9 Å². The van der Waals surface area contributed by atoms with Gasteiger partial charge in [-0.15, -0.1) is 0 Å². The third-order valence-corrected chi connectivity index (χ3v) is 3.28. The van der Waals surface area contributed by atoms with Gasteiger partial charge in [0.2, 0.25) is 0 Å². The summed E-state index contributed by atoms with van der Waals surface area (Å²) in [5.41, 5.74) is 0.367. The summed E-state index contributed by atoms with van der Waals surface area (Å²) in [7, 11) is 0. The summed E-state index contributed by atoms with van der Waals surface area (Å²) >= 11 is 0. The first-order valence-electron chi connectivity index (χ1n) is 6.06. The van der Waals surface area contributed by atoms with E-state index in [2.05, 4.69) is 0 Å². The van der Waals surface area contributed by atoms with E-state index in [0.717, 1.165) is 5.56 Å². The highest BCUT2D eigenvalue weighted by Gasteiger charge is 2.24. The summed E-state index contributed by atoms with van der Waals surface area (Å²) in [4.78, 5) is 0. The summed E-state index contributed by atoms with van der Waals surface area (Å²) in [5.74, 6) is 0.585. The van der Waals surface area contributed by atoms with Gasteiger partial charge in [-0.2, -0.15) is 0 Å². The summed E-state index contributed by atoms with van der Waals surface area (Å²) in [6.07, 6.45) is 2.38. The molecule has 1 aliphatic rings. The number of hydrogen-bond acceptors (Lipinski definition) is 2. The number of aliphatic hydroxyl groups excluding tert-OH is 1. The monoisotopic (exact) mass is 238 g/mol. The molecule has 0 aliphatic heterocycles. The van der Waals surface area contributed by atoms with Crippen LogP contribution in [-0.4, -0.2) is 18.3 Å². The van der Waals surface area contributed by atoms with Crippen molar-refractivity contribution in [3.05, 3.63) is 29.6 Å². The molecule has 0 atom stereocenters. The first-order valence-corrected chi connectivity index (χ1v) is 6.06. The van der Waals surface area contributed by atoms with E-state index in [1.165, 1.54) is 18.9 Å². The minimum absolute atomic E-state index is 0.00524. The predicted octanol–water partition coefficient (Wildman–Crippen LogP) is 2.88. The van der Waals surface area contributed by atoms with Crippen LogP contribution in [-0.2, 0) is 5.41 Å². The molecule has 1 fully saturated rings. The molecule has 0 spiro atoms. The smallest absolute Gasteiger partial charge is 0.165 e. The molecule has 1 aromatic carbocycles. The highest BCUT2D eigenvalue weighted by molar-refractivity contribution is 5.33. The molecule has 2 rings (SSSR count). The third-order valence-electron chi connectivity index (χ3n) is 3.28. The molecule has 0 aromatic heterocycles. The number of rotatable bonds is 5. The Morgan fingerprint density at radius 3 is 2.65 bits per heavy atom. The average molecular weight is 238 g/mol. The van der Waals surface area contributed by atoms with Gasteiger partial charge in [-0.25, -0.2) is 4.39 Å². The average Bonchev–Trinajstić information content (AvgIpc) is 3.11. The van der Waals surface area contributed by atoms with Crippen molar-refractivity contribution in [2.24, 2.45) is 5.92 Å². The van der Waals surface area contributed by atoms with Gasteiger partial charge >= 0.3 is 0 Å². The van der Waals surface area contributed by atoms with Crippen molar-refractivity contribution in [3.8, 4) is 5.75 Å². The van der Waals surface area contributed by atoms with Crippen molar-refractivity contribution in [2.45, 2.75) is 32.1 Å². The second kappa shape index (κ2) is 4.65. The van der Waals surface area contributed by atoms with Gasteiger partial charge < -0.3 is 9.84 Å². The van der Waals surface area contributed by atoms with Crippen molar-refractivity contribution in [1.82, 2.24) is 0 Å². The number of ether oxygens (including phenoxy) is 1. The molecule has 1 saturated carbocycles. The van der Waals surface area contributed by atoms with Gasteiger partial charge in [-0.3, -0.25) is 0 Å². The molecule has 0 heterocycles. The molecule has 2 nitrogen and oxygen atoms in total. The fourth-order valence-electron chi connectivity index (χ4n) is 1.62. The standard InChI is InChI=1S/C14H19FO2/c1-14(2,9-16)11-5-6-13(12(15)7-11)17-8-10-3-4-10/h5-7,10,16H,3-4,8-9H2,1-2H3. The summed E-state index contributed by atoms with van der Waals surface area (Å²) in [5, 5.41) is 9.24. The van der Waals surface area contributed by atoms with E-state index in [4.69, 9.17) is 4.74 Å². The van der Waals surface area contributed by atoms with Crippen LogP contribution in [0.1, 0.15) is 32.3 Å². The third kappa shape index (κ3) is 2.97. The normalized spacial score (nSPS) is 16.0.